The lowest BCUT2D eigenvalue weighted by atomic mass is 9.81. The van der Waals surface area contributed by atoms with Gasteiger partial charge in [0.2, 0.25) is 0 Å². The molecule has 332 valence electrons. The summed E-state index contributed by atoms with van der Waals surface area (Å²) in [6.45, 7) is 9.38. The van der Waals surface area contributed by atoms with Gasteiger partial charge in [0.15, 0.2) is 0 Å². The first-order valence-electron chi connectivity index (χ1n) is 22.2. The van der Waals surface area contributed by atoms with Gasteiger partial charge in [-0.3, -0.25) is 0 Å². The van der Waals surface area contributed by atoms with E-state index in [-0.39, 0.29) is 10.8 Å². The zero-order valence-corrected chi connectivity index (χ0v) is 44.0. The molecule has 0 saturated carbocycles. The number of hydrogen-bond donors (Lipinski definition) is 2. The molecule has 0 saturated heterocycles. The van der Waals surface area contributed by atoms with Crippen molar-refractivity contribution in [2.24, 2.45) is 0 Å². The van der Waals surface area contributed by atoms with Gasteiger partial charge >= 0.3 is 7.12 Å². The fourth-order valence-corrected chi connectivity index (χ4v) is 9.89. The van der Waals surface area contributed by atoms with Gasteiger partial charge in [-0.05, 0) is 143 Å². The first kappa shape index (κ1) is 48.3. The lowest BCUT2D eigenvalue weighted by Crippen LogP contribution is -2.29. The van der Waals surface area contributed by atoms with Gasteiger partial charge in [0.1, 0.15) is 0 Å². The van der Waals surface area contributed by atoms with Crippen molar-refractivity contribution in [3.63, 3.8) is 0 Å². The molecule has 2 nitrogen and oxygen atoms in total. The topological polar surface area (TPSA) is 40.5 Å². The average molecular weight is 1130 g/mol. The van der Waals surface area contributed by atoms with E-state index in [2.05, 4.69) is 270 Å². The van der Waals surface area contributed by atoms with Gasteiger partial charge < -0.3 is 10.0 Å². The Morgan fingerprint density at radius 2 is 0.552 bits per heavy atom. The Hall–Kier alpha value is -5.12. The Bertz CT molecular complexity index is 2930. The minimum atomic E-state index is -1.34. The number of fused-ring (bicyclic) bond motifs is 6. The molecule has 0 unspecified atom stereocenters. The van der Waals surface area contributed by atoms with Gasteiger partial charge in [-0.2, -0.15) is 0 Å². The summed E-state index contributed by atoms with van der Waals surface area (Å²) in [5, 5.41) is 17.2. The Morgan fingerprint density at radius 3 is 0.806 bits per heavy atom. The van der Waals surface area contributed by atoms with E-state index in [0.29, 0.717) is 5.46 Å². The highest BCUT2D eigenvalue weighted by Gasteiger charge is 2.37. The van der Waals surface area contributed by atoms with Gasteiger partial charge in [0.25, 0.3) is 0 Å². The fourth-order valence-electron chi connectivity index (χ4n) is 9.36. The molecule has 0 radical (unpaired) electrons. The zero-order valence-electron chi connectivity index (χ0n) is 37.7. The standard InChI is InChI=1S/C27H20Br2.C27H22.C6H7BO2.Br2/c1-27(2)25-15-19(17-3-9-21(28)10-4-17)7-13-23(25)24-14-8-20(16-26(24)27)18-5-11-22(29)12-6-18;1-27(2)25-17-21(19-9-5-3-6-10-19)13-15-23(25)24-16-14-22(18-26(24)27)20-11-7-4-8-12-20;8-7(9)6-4-2-1-3-5-6;1-2/h3-16H,1-2H3;3-18H,1-2H3;1-5,8-9H;. The van der Waals surface area contributed by atoms with Crippen LogP contribution in [0.5, 0.6) is 0 Å². The SMILES string of the molecule is BrBr.CC1(C)c2cc(-c3ccc(Br)cc3)ccc2-c2ccc(-c3ccc(Br)cc3)cc21.CC1(C)c2cc(-c3ccccc3)ccc2-c2ccc(-c3ccccc3)cc21.OB(O)c1ccccc1. The summed E-state index contributed by atoms with van der Waals surface area (Å²) in [5.74, 6) is 0. The smallest absolute Gasteiger partial charge is 0.423 e. The molecule has 9 aromatic carbocycles. The van der Waals surface area contributed by atoms with Crippen LogP contribution < -0.4 is 5.46 Å². The van der Waals surface area contributed by atoms with Crippen molar-refractivity contribution in [3.05, 3.63) is 244 Å². The average Bonchev–Trinajstić information content (AvgIpc) is 3.74. The number of rotatable bonds is 5. The van der Waals surface area contributed by atoms with E-state index in [1.807, 2.05) is 6.07 Å². The molecule has 0 fully saturated rings. The molecule has 2 aliphatic carbocycles. The second-order valence-electron chi connectivity index (χ2n) is 17.8. The highest BCUT2D eigenvalue weighted by atomic mass is 80.9. The van der Waals surface area contributed by atoms with Crippen LogP contribution in [-0.2, 0) is 10.8 Å². The molecular weight excluding hydrogens is 1080 g/mol. The largest absolute Gasteiger partial charge is 0.488 e. The molecule has 7 heteroatoms. The van der Waals surface area contributed by atoms with Gasteiger partial charge in [-0.15, -0.1) is 0 Å². The Morgan fingerprint density at radius 1 is 0.313 bits per heavy atom. The summed E-state index contributed by atoms with van der Waals surface area (Å²) in [7, 11) is -1.34. The van der Waals surface area contributed by atoms with Crippen LogP contribution in [0, 0.1) is 0 Å². The molecule has 0 atom stereocenters. The predicted octanol–water partition coefficient (Wildman–Crippen LogP) is 17.2. The molecule has 0 aliphatic heterocycles. The highest BCUT2D eigenvalue weighted by molar-refractivity contribution is 9.93. The van der Waals surface area contributed by atoms with E-state index >= 15 is 0 Å². The van der Waals surface area contributed by atoms with Crippen molar-refractivity contribution in [1.82, 2.24) is 0 Å². The maximum atomic E-state index is 8.58. The van der Waals surface area contributed by atoms with Crippen LogP contribution in [0.15, 0.2) is 221 Å². The number of benzene rings is 9. The summed E-state index contributed by atoms with van der Waals surface area (Å²) in [6.07, 6.45) is 0. The van der Waals surface area contributed by atoms with Crippen molar-refractivity contribution in [1.29, 1.82) is 0 Å². The molecular formula is C60H49BBr4O2. The molecule has 0 bridgehead atoms. The molecule has 2 N–H and O–H groups in total. The van der Waals surface area contributed by atoms with Crippen LogP contribution in [-0.4, -0.2) is 17.2 Å². The highest BCUT2D eigenvalue weighted by Crippen LogP contribution is 2.52. The second-order valence-corrected chi connectivity index (χ2v) is 19.7. The van der Waals surface area contributed by atoms with Crippen LogP contribution in [0.4, 0.5) is 0 Å². The molecule has 67 heavy (non-hydrogen) atoms. The Kier molecular flexibility index (Phi) is 15.2. The van der Waals surface area contributed by atoms with E-state index in [1.54, 1.807) is 24.3 Å². The first-order chi connectivity index (χ1) is 32.4. The number of halogens is 4. The van der Waals surface area contributed by atoms with E-state index in [4.69, 9.17) is 10.0 Å². The van der Waals surface area contributed by atoms with E-state index < -0.39 is 7.12 Å². The third-order valence-corrected chi connectivity index (χ3v) is 14.1. The van der Waals surface area contributed by atoms with Crippen LogP contribution in [0.25, 0.3) is 66.8 Å². The third-order valence-electron chi connectivity index (χ3n) is 13.0. The van der Waals surface area contributed by atoms with Gasteiger partial charge in [-0.1, -0.05) is 223 Å². The van der Waals surface area contributed by atoms with Crippen molar-refractivity contribution in [2.75, 3.05) is 0 Å². The third kappa shape index (κ3) is 10.3. The van der Waals surface area contributed by atoms with Crippen LogP contribution >= 0.6 is 60.1 Å². The first-order valence-corrected chi connectivity index (χ1v) is 27.5. The van der Waals surface area contributed by atoms with E-state index in [9.17, 15) is 0 Å². The number of hydrogen-bond acceptors (Lipinski definition) is 2. The lowest BCUT2D eigenvalue weighted by Gasteiger charge is -2.22. The van der Waals surface area contributed by atoms with Crippen LogP contribution in [0.3, 0.4) is 0 Å². The minimum Gasteiger partial charge on any atom is -0.423 e. The molecule has 11 rings (SSSR count). The minimum absolute atomic E-state index is 0.000245. The van der Waals surface area contributed by atoms with Gasteiger partial charge in [0.05, 0.1) is 0 Å². The fraction of sp³-hybridized carbons (Fsp3) is 0.100. The van der Waals surface area contributed by atoms with E-state index in [1.165, 1.54) is 89.0 Å². The summed E-state index contributed by atoms with van der Waals surface area (Å²) in [6, 6.07) is 74.8. The summed E-state index contributed by atoms with van der Waals surface area (Å²) < 4.78 is 2.21. The molecule has 0 aromatic heterocycles. The van der Waals surface area contributed by atoms with Crippen molar-refractivity contribution in [2.45, 2.75) is 38.5 Å². The monoisotopic (exact) mass is 1130 g/mol. The molecule has 0 heterocycles. The Labute approximate surface area is 428 Å². The molecule has 9 aromatic rings. The summed E-state index contributed by atoms with van der Waals surface area (Å²) >= 11 is 12.6. The molecule has 2 aliphatic rings. The molecule has 0 amide bonds. The van der Waals surface area contributed by atoms with Crippen molar-refractivity contribution >= 4 is 72.7 Å². The van der Waals surface area contributed by atoms with Crippen molar-refractivity contribution in [3.8, 4) is 66.8 Å². The van der Waals surface area contributed by atoms with Crippen molar-refractivity contribution < 1.29 is 10.0 Å². The normalized spacial score (nSPS) is 12.9. The van der Waals surface area contributed by atoms with Crippen LogP contribution in [0.1, 0.15) is 49.9 Å². The quantitative estimate of drug-likeness (QED) is 0.169. The lowest BCUT2D eigenvalue weighted by molar-refractivity contribution is 0.426. The second kappa shape index (κ2) is 21.0. The predicted molar refractivity (Wildman–Crippen MR) is 299 cm³/mol. The zero-order chi connectivity index (χ0) is 47.3. The maximum Gasteiger partial charge on any atom is 0.488 e. The molecule has 0 spiro atoms. The summed E-state index contributed by atoms with van der Waals surface area (Å²) in [4.78, 5) is 0. The van der Waals surface area contributed by atoms with Gasteiger partial charge in [0, 0.05) is 48.0 Å². The van der Waals surface area contributed by atoms with Gasteiger partial charge in [-0.25, -0.2) is 0 Å². The van der Waals surface area contributed by atoms with Crippen LogP contribution in [0.2, 0.25) is 0 Å². The maximum absolute atomic E-state index is 8.58. The Balaban J connectivity index is 0.000000149. The summed E-state index contributed by atoms with van der Waals surface area (Å²) in [5.41, 5.74) is 21.8. The van der Waals surface area contributed by atoms with E-state index in [0.717, 1.165) is 8.95 Å².